The molecule has 1 saturated heterocycles. The second-order valence-corrected chi connectivity index (χ2v) is 9.17. The van der Waals surface area contributed by atoms with Gasteiger partial charge < -0.3 is 9.42 Å². The van der Waals surface area contributed by atoms with Crippen molar-refractivity contribution in [3.8, 4) is 0 Å². The fourth-order valence-corrected chi connectivity index (χ4v) is 4.55. The summed E-state index contributed by atoms with van der Waals surface area (Å²) in [5.74, 6) is 0.567. The molecule has 0 saturated carbocycles. The Labute approximate surface area is 159 Å². The predicted octanol–water partition coefficient (Wildman–Crippen LogP) is 2.52. The molecule has 2 heterocycles. The standard InChI is InChI=1S/C19H25N3O4S/c1-14(2)18-11-16(26-21-18)12-20-27(24,25)17-9-6-10-22(13-17)19(23)15-7-4-3-5-8-15/h3-5,7-8,11,14,17,20H,6,9-10,12-13H2,1-2H3. The van der Waals surface area contributed by atoms with E-state index in [-0.39, 0.29) is 24.9 Å². The van der Waals surface area contributed by atoms with Crippen LogP contribution in [-0.2, 0) is 16.6 Å². The molecule has 7 nitrogen and oxygen atoms in total. The number of benzene rings is 1. The second kappa shape index (κ2) is 8.22. The number of hydrogen-bond donors (Lipinski definition) is 1. The largest absolute Gasteiger partial charge is 0.360 e. The fourth-order valence-electron chi connectivity index (χ4n) is 3.11. The normalized spacial score (nSPS) is 18.0. The van der Waals surface area contributed by atoms with E-state index in [1.54, 1.807) is 35.2 Å². The predicted molar refractivity (Wildman–Crippen MR) is 102 cm³/mol. The first-order valence-electron chi connectivity index (χ1n) is 9.15. The van der Waals surface area contributed by atoms with Crippen LogP contribution in [0.25, 0.3) is 0 Å². The highest BCUT2D eigenvalue weighted by atomic mass is 32.2. The lowest BCUT2D eigenvalue weighted by molar-refractivity contribution is 0.0726. The fraction of sp³-hybridized carbons (Fsp3) is 0.474. The average molecular weight is 391 g/mol. The maximum Gasteiger partial charge on any atom is 0.253 e. The van der Waals surface area contributed by atoms with Gasteiger partial charge in [-0.15, -0.1) is 0 Å². The Hall–Kier alpha value is -2.19. The minimum Gasteiger partial charge on any atom is -0.360 e. The molecule has 1 amide bonds. The van der Waals surface area contributed by atoms with Gasteiger partial charge in [0, 0.05) is 24.7 Å². The quantitative estimate of drug-likeness (QED) is 0.817. The van der Waals surface area contributed by atoms with Gasteiger partial charge in [-0.05, 0) is 30.9 Å². The summed E-state index contributed by atoms with van der Waals surface area (Å²) in [6.07, 6.45) is 1.19. The molecule has 1 atom stereocenters. The number of carbonyl (C=O) groups excluding carboxylic acids is 1. The van der Waals surface area contributed by atoms with Gasteiger partial charge in [0.25, 0.3) is 5.91 Å². The van der Waals surface area contributed by atoms with E-state index in [1.807, 2.05) is 19.9 Å². The van der Waals surface area contributed by atoms with Crippen LogP contribution in [0, 0.1) is 0 Å². The van der Waals surface area contributed by atoms with Crippen molar-refractivity contribution in [2.45, 2.75) is 44.4 Å². The average Bonchev–Trinajstić information content (AvgIpc) is 3.16. The van der Waals surface area contributed by atoms with Crippen LogP contribution in [0.2, 0.25) is 0 Å². The SMILES string of the molecule is CC(C)c1cc(CNS(=O)(=O)C2CCCN(C(=O)c3ccccc3)C2)on1. The summed E-state index contributed by atoms with van der Waals surface area (Å²) in [4.78, 5) is 14.2. The number of sulfonamides is 1. The summed E-state index contributed by atoms with van der Waals surface area (Å²) >= 11 is 0. The lowest BCUT2D eigenvalue weighted by atomic mass is 10.1. The summed E-state index contributed by atoms with van der Waals surface area (Å²) in [6.45, 7) is 4.81. The van der Waals surface area contributed by atoms with Crippen LogP contribution in [0.15, 0.2) is 40.9 Å². The minimum atomic E-state index is -3.57. The lowest BCUT2D eigenvalue weighted by Crippen LogP contribution is -2.48. The topological polar surface area (TPSA) is 92.5 Å². The molecule has 146 valence electrons. The van der Waals surface area contributed by atoms with Crippen LogP contribution in [-0.4, -0.2) is 42.7 Å². The zero-order valence-corrected chi connectivity index (χ0v) is 16.4. The van der Waals surface area contributed by atoms with E-state index >= 15 is 0 Å². The maximum atomic E-state index is 12.7. The molecule has 0 bridgehead atoms. The number of hydrogen-bond acceptors (Lipinski definition) is 5. The molecule has 27 heavy (non-hydrogen) atoms. The molecule has 1 aromatic heterocycles. The Morgan fingerprint density at radius 2 is 2.07 bits per heavy atom. The molecule has 3 rings (SSSR count). The Balaban J connectivity index is 1.62. The van der Waals surface area contributed by atoms with Crippen molar-refractivity contribution in [1.82, 2.24) is 14.8 Å². The molecule has 0 spiro atoms. The summed E-state index contributed by atoms with van der Waals surface area (Å²) in [5.41, 5.74) is 1.37. The summed E-state index contributed by atoms with van der Waals surface area (Å²) in [7, 11) is -3.57. The smallest absolute Gasteiger partial charge is 0.253 e. The third-order valence-corrected chi connectivity index (χ3v) is 6.55. The van der Waals surface area contributed by atoms with Crippen molar-refractivity contribution in [2.75, 3.05) is 13.1 Å². The van der Waals surface area contributed by atoms with Gasteiger partial charge in [-0.3, -0.25) is 4.79 Å². The molecular weight excluding hydrogens is 366 g/mol. The van der Waals surface area contributed by atoms with Crippen molar-refractivity contribution >= 4 is 15.9 Å². The first kappa shape index (κ1) is 19.6. The monoisotopic (exact) mass is 391 g/mol. The molecule has 1 aromatic carbocycles. The molecule has 1 aliphatic heterocycles. The van der Waals surface area contributed by atoms with Gasteiger partial charge in [-0.25, -0.2) is 13.1 Å². The van der Waals surface area contributed by atoms with E-state index in [9.17, 15) is 13.2 Å². The first-order chi connectivity index (χ1) is 12.9. The maximum absolute atomic E-state index is 12.7. The van der Waals surface area contributed by atoms with Crippen LogP contribution in [0.3, 0.4) is 0 Å². The van der Waals surface area contributed by atoms with Gasteiger partial charge >= 0.3 is 0 Å². The summed E-state index contributed by atoms with van der Waals surface area (Å²) < 4.78 is 33.2. The van der Waals surface area contributed by atoms with Gasteiger partial charge in [0.2, 0.25) is 10.0 Å². The van der Waals surface area contributed by atoms with E-state index < -0.39 is 15.3 Å². The Morgan fingerprint density at radius 1 is 1.33 bits per heavy atom. The minimum absolute atomic E-state index is 0.0607. The number of carbonyl (C=O) groups is 1. The molecule has 1 fully saturated rings. The lowest BCUT2D eigenvalue weighted by Gasteiger charge is -2.32. The van der Waals surface area contributed by atoms with Crippen LogP contribution in [0.1, 0.15) is 54.4 Å². The molecule has 0 radical (unpaired) electrons. The molecular formula is C19H25N3O4S. The number of piperidine rings is 1. The van der Waals surface area contributed by atoms with Gasteiger partial charge in [-0.2, -0.15) is 0 Å². The van der Waals surface area contributed by atoms with E-state index in [2.05, 4.69) is 9.88 Å². The highest BCUT2D eigenvalue weighted by Gasteiger charge is 2.33. The number of likely N-dealkylation sites (tertiary alicyclic amines) is 1. The van der Waals surface area contributed by atoms with Gasteiger partial charge in [0.15, 0.2) is 5.76 Å². The van der Waals surface area contributed by atoms with Crippen LogP contribution < -0.4 is 4.72 Å². The van der Waals surface area contributed by atoms with Crippen LogP contribution in [0.4, 0.5) is 0 Å². The second-order valence-electron chi connectivity index (χ2n) is 7.12. The summed E-state index contributed by atoms with van der Waals surface area (Å²) in [5, 5.41) is 3.30. The molecule has 1 unspecified atom stereocenters. The molecule has 1 N–H and O–H groups in total. The summed E-state index contributed by atoms with van der Waals surface area (Å²) in [6, 6.07) is 10.7. The van der Waals surface area contributed by atoms with Gasteiger partial charge in [0.1, 0.15) is 0 Å². The molecule has 2 aromatic rings. The zero-order chi connectivity index (χ0) is 19.4. The van der Waals surface area contributed by atoms with Crippen molar-refractivity contribution in [3.05, 3.63) is 53.4 Å². The van der Waals surface area contributed by atoms with E-state index in [0.29, 0.717) is 30.7 Å². The Morgan fingerprint density at radius 3 is 2.74 bits per heavy atom. The van der Waals surface area contributed by atoms with Crippen molar-refractivity contribution in [3.63, 3.8) is 0 Å². The highest BCUT2D eigenvalue weighted by molar-refractivity contribution is 7.90. The van der Waals surface area contributed by atoms with Crippen molar-refractivity contribution in [2.24, 2.45) is 0 Å². The third-order valence-electron chi connectivity index (χ3n) is 4.74. The third kappa shape index (κ3) is 4.75. The number of amides is 1. The zero-order valence-electron chi connectivity index (χ0n) is 15.6. The van der Waals surface area contributed by atoms with Crippen molar-refractivity contribution < 1.29 is 17.7 Å². The number of aromatic nitrogens is 1. The Kier molecular flexibility index (Phi) is 5.96. The van der Waals surface area contributed by atoms with E-state index in [1.165, 1.54) is 0 Å². The van der Waals surface area contributed by atoms with Gasteiger partial charge in [0.05, 0.1) is 17.5 Å². The number of nitrogens with one attached hydrogen (secondary N) is 1. The Bertz CT molecular complexity index is 877. The number of rotatable bonds is 6. The molecule has 0 aliphatic carbocycles. The first-order valence-corrected chi connectivity index (χ1v) is 10.7. The van der Waals surface area contributed by atoms with Crippen LogP contribution >= 0.6 is 0 Å². The van der Waals surface area contributed by atoms with E-state index in [0.717, 1.165) is 5.69 Å². The number of nitrogens with zero attached hydrogens (tertiary/aromatic N) is 2. The molecule has 8 heteroatoms. The molecule has 1 aliphatic rings. The highest BCUT2D eigenvalue weighted by Crippen LogP contribution is 2.20. The van der Waals surface area contributed by atoms with Gasteiger partial charge in [-0.1, -0.05) is 37.2 Å². The van der Waals surface area contributed by atoms with E-state index in [4.69, 9.17) is 4.52 Å². The van der Waals surface area contributed by atoms with Crippen LogP contribution in [0.5, 0.6) is 0 Å². The van der Waals surface area contributed by atoms with Crippen molar-refractivity contribution in [1.29, 1.82) is 0 Å².